The number of carbonyl (C=O) groups is 3. The Bertz CT molecular complexity index is 958. The summed E-state index contributed by atoms with van der Waals surface area (Å²) in [7, 11) is 1.45. The number of benzene rings is 2. The summed E-state index contributed by atoms with van der Waals surface area (Å²) in [6.07, 6.45) is 1.29. The molecule has 0 unspecified atom stereocenters. The molecule has 4 amide bonds. The van der Waals surface area contributed by atoms with Crippen LogP contribution < -0.4 is 15.0 Å². The zero-order chi connectivity index (χ0) is 18.8. The van der Waals surface area contributed by atoms with Crippen LogP contribution in [-0.2, 0) is 9.59 Å². The molecule has 3 rings (SSSR count). The van der Waals surface area contributed by atoms with Gasteiger partial charge in [-0.1, -0.05) is 28.1 Å². The fourth-order valence-corrected chi connectivity index (χ4v) is 2.86. The lowest BCUT2D eigenvalue weighted by Crippen LogP contribution is -2.54. The largest absolute Gasteiger partial charge is 0.496 e. The highest BCUT2D eigenvalue weighted by molar-refractivity contribution is 9.10. The van der Waals surface area contributed by atoms with E-state index in [1.54, 1.807) is 18.2 Å². The molecule has 2 aromatic carbocycles. The van der Waals surface area contributed by atoms with Crippen molar-refractivity contribution in [2.75, 3.05) is 12.0 Å². The van der Waals surface area contributed by atoms with Crippen LogP contribution in [0.1, 0.15) is 5.56 Å². The van der Waals surface area contributed by atoms with Crippen molar-refractivity contribution in [3.63, 3.8) is 0 Å². The summed E-state index contributed by atoms with van der Waals surface area (Å²) in [5, 5.41) is 2.05. The Labute approximate surface area is 156 Å². The van der Waals surface area contributed by atoms with Crippen molar-refractivity contribution < 1.29 is 23.5 Å². The summed E-state index contributed by atoms with van der Waals surface area (Å²) in [5.41, 5.74) is -0.109. The maximum absolute atomic E-state index is 14.0. The number of hydrogen-bond donors (Lipinski definition) is 1. The fourth-order valence-electron chi connectivity index (χ4n) is 2.48. The van der Waals surface area contributed by atoms with Crippen molar-refractivity contribution in [1.82, 2.24) is 5.32 Å². The number of carbonyl (C=O) groups excluding carboxylic acids is 3. The van der Waals surface area contributed by atoms with Crippen molar-refractivity contribution in [1.29, 1.82) is 0 Å². The SMILES string of the molecule is COc1ccc(Br)cc1/C=C1\C(=O)NC(=O)N(c2ccccc2F)C1=O. The lowest BCUT2D eigenvalue weighted by molar-refractivity contribution is -0.122. The van der Waals surface area contributed by atoms with Crippen molar-refractivity contribution in [2.24, 2.45) is 0 Å². The number of anilines is 1. The van der Waals surface area contributed by atoms with Crippen LogP contribution >= 0.6 is 15.9 Å². The van der Waals surface area contributed by atoms with Crippen molar-refractivity contribution in [3.8, 4) is 5.75 Å². The van der Waals surface area contributed by atoms with Crippen LogP contribution in [0, 0.1) is 5.82 Å². The van der Waals surface area contributed by atoms with Crippen molar-refractivity contribution >= 4 is 45.5 Å². The van der Waals surface area contributed by atoms with E-state index < -0.39 is 23.7 Å². The molecule has 0 radical (unpaired) electrons. The minimum atomic E-state index is -1.01. The van der Waals surface area contributed by atoms with E-state index in [1.165, 1.54) is 31.4 Å². The molecule has 0 atom stereocenters. The summed E-state index contributed by atoms with van der Waals surface area (Å²) >= 11 is 3.30. The molecule has 0 aromatic heterocycles. The molecule has 0 saturated carbocycles. The Morgan fingerprint density at radius 3 is 2.58 bits per heavy atom. The van der Waals surface area contributed by atoms with Crippen LogP contribution in [0.25, 0.3) is 6.08 Å². The number of hydrogen-bond acceptors (Lipinski definition) is 4. The lowest BCUT2D eigenvalue weighted by atomic mass is 10.1. The van der Waals surface area contributed by atoms with Crippen molar-refractivity contribution in [2.45, 2.75) is 0 Å². The smallest absolute Gasteiger partial charge is 0.336 e. The van der Waals surface area contributed by atoms with Gasteiger partial charge >= 0.3 is 6.03 Å². The minimum Gasteiger partial charge on any atom is -0.496 e. The van der Waals surface area contributed by atoms with Gasteiger partial charge in [0, 0.05) is 10.0 Å². The summed E-state index contributed by atoms with van der Waals surface area (Å²) in [6, 6.07) is 9.34. The van der Waals surface area contributed by atoms with Gasteiger partial charge in [0.05, 0.1) is 12.8 Å². The third-order valence-electron chi connectivity index (χ3n) is 3.69. The fraction of sp³-hybridized carbons (Fsp3) is 0.0556. The van der Waals surface area contributed by atoms with E-state index in [9.17, 15) is 18.8 Å². The molecule has 132 valence electrons. The molecule has 2 aromatic rings. The van der Waals surface area contributed by atoms with Crippen LogP contribution in [0.5, 0.6) is 5.75 Å². The van der Waals surface area contributed by atoms with Crippen molar-refractivity contribution in [3.05, 3.63) is 63.9 Å². The highest BCUT2D eigenvalue weighted by atomic mass is 79.9. The number of barbiturate groups is 1. The minimum absolute atomic E-state index is 0.241. The highest BCUT2D eigenvalue weighted by Gasteiger charge is 2.38. The topological polar surface area (TPSA) is 75.7 Å². The maximum atomic E-state index is 14.0. The van der Waals surface area contributed by atoms with E-state index in [1.807, 2.05) is 5.32 Å². The molecular formula is C18H12BrFN2O4. The van der Waals surface area contributed by atoms with Gasteiger partial charge < -0.3 is 4.74 Å². The summed E-state index contributed by atoms with van der Waals surface area (Å²) in [4.78, 5) is 37.6. The molecule has 0 bridgehead atoms. The van der Waals surface area contributed by atoms with Gasteiger partial charge in [0.25, 0.3) is 11.8 Å². The highest BCUT2D eigenvalue weighted by Crippen LogP contribution is 2.28. The molecule has 1 N–H and O–H groups in total. The summed E-state index contributed by atoms with van der Waals surface area (Å²) in [5.74, 6) is -2.12. The van der Waals surface area contributed by atoms with Crippen LogP contribution in [0.15, 0.2) is 52.5 Å². The maximum Gasteiger partial charge on any atom is 0.336 e. The zero-order valence-corrected chi connectivity index (χ0v) is 15.0. The third-order valence-corrected chi connectivity index (χ3v) is 4.18. The molecule has 1 fully saturated rings. The predicted molar refractivity (Wildman–Crippen MR) is 96.1 cm³/mol. The van der Waals surface area contributed by atoms with Gasteiger partial charge in [0.2, 0.25) is 0 Å². The number of nitrogens with one attached hydrogen (secondary N) is 1. The third kappa shape index (κ3) is 3.23. The number of para-hydroxylation sites is 1. The second-order valence-corrected chi connectivity index (χ2v) is 6.21. The number of nitrogens with zero attached hydrogens (tertiary/aromatic N) is 1. The van der Waals surface area contributed by atoms with E-state index in [4.69, 9.17) is 4.74 Å². The van der Waals surface area contributed by atoms with Crippen LogP contribution in [0.3, 0.4) is 0 Å². The van der Waals surface area contributed by atoms with Gasteiger partial charge in [0.15, 0.2) is 0 Å². The molecular weight excluding hydrogens is 407 g/mol. The molecule has 6 nitrogen and oxygen atoms in total. The van der Waals surface area contributed by atoms with Gasteiger partial charge in [0.1, 0.15) is 17.1 Å². The first-order valence-corrected chi connectivity index (χ1v) is 8.21. The van der Waals surface area contributed by atoms with Gasteiger partial charge in [-0.05, 0) is 36.4 Å². The van der Waals surface area contributed by atoms with Crippen LogP contribution in [0.2, 0.25) is 0 Å². The molecule has 26 heavy (non-hydrogen) atoms. The number of ether oxygens (including phenoxy) is 1. The first kappa shape index (κ1) is 17.8. The molecule has 8 heteroatoms. The zero-order valence-electron chi connectivity index (χ0n) is 13.5. The summed E-state index contributed by atoms with van der Waals surface area (Å²) in [6.45, 7) is 0. The predicted octanol–water partition coefficient (Wildman–Crippen LogP) is 3.26. The van der Waals surface area contributed by atoms with E-state index in [0.29, 0.717) is 20.7 Å². The Morgan fingerprint density at radius 2 is 1.88 bits per heavy atom. The van der Waals surface area contributed by atoms with Crippen LogP contribution in [0.4, 0.5) is 14.9 Å². The average Bonchev–Trinajstić information content (AvgIpc) is 2.60. The monoisotopic (exact) mass is 418 g/mol. The first-order valence-electron chi connectivity index (χ1n) is 7.42. The number of halogens is 2. The summed E-state index contributed by atoms with van der Waals surface area (Å²) < 4.78 is 20.0. The van der Waals surface area contributed by atoms with E-state index >= 15 is 0 Å². The molecule has 1 saturated heterocycles. The van der Waals surface area contributed by atoms with Crippen LogP contribution in [-0.4, -0.2) is 25.0 Å². The molecule has 0 aliphatic carbocycles. The van der Waals surface area contributed by atoms with E-state index in [-0.39, 0.29) is 11.3 Å². The van der Waals surface area contributed by atoms with E-state index in [0.717, 1.165) is 6.07 Å². The molecule has 1 aliphatic heterocycles. The molecule has 0 spiro atoms. The Morgan fingerprint density at radius 1 is 1.15 bits per heavy atom. The van der Waals surface area contributed by atoms with Gasteiger partial charge in [-0.3, -0.25) is 14.9 Å². The Balaban J connectivity index is 2.09. The number of amides is 4. The quantitative estimate of drug-likeness (QED) is 0.612. The normalized spacial score (nSPS) is 16.0. The number of imide groups is 2. The second kappa shape index (κ2) is 7.09. The Hall–Kier alpha value is -3.00. The standard InChI is InChI=1S/C18H12BrFN2O4/c1-26-15-7-6-11(19)8-10(15)9-12-16(23)21-18(25)22(17(12)24)14-5-3-2-4-13(14)20/h2-9H,1H3,(H,21,23,25)/b12-9+. The number of urea groups is 1. The average molecular weight is 419 g/mol. The number of rotatable bonds is 3. The van der Waals surface area contributed by atoms with E-state index in [2.05, 4.69) is 15.9 Å². The van der Waals surface area contributed by atoms with Gasteiger partial charge in [-0.25, -0.2) is 14.1 Å². The number of methoxy groups -OCH3 is 1. The first-order chi connectivity index (χ1) is 12.4. The molecule has 1 heterocycles. The lowest BCUT2D eigenvalue weighted by Gasteiger charge is -2.26. The second-order valence-electron chi connectivity index (χ2n) is 5.30. The Kier molecular flexibility index (Phi) is 4.85. The molecule has 1 aliphatic rings. The van der Waals surface area contributed by atoms with Gasteiger partial charge in [-0.2, -0.15) is 0 Å². The van der Waals surface area contributed by atoms with Gasteiger partial charge in [-0.15, -0.1) is 0 Å².